The lowest BCUT2D eigenvalue weighted by atomic mass is 10.1. The quantitative estimate of drug-likeness (QED) is 0.751. The van der Waals surface area contributed by atoms with Crippen LogP contribution in [0.4, 0.5) is 0 Å². The van der Waals surface area contributed by atoms with Crippen LogP contribution in [0.2, 0.25) is 0 Å². The molecule has 0 spiro atoms. The van der Waals surface area contributed by atoms with E-state index < -0.39 is 0 Å². The number of aromatic nitrogens is 3. The zero-order valence-electron chi connectivity index (χ0n) is 14.2. The molecular formula is C19H20N4O2. The smallest absolute Gasteiger partial charge is 0.255 e. The maximum Gasteiger partial charge on any atom is 0.255 e. The highest BCUT2D eigenvalue weighted by atomic mass is 16.5. The van der Waals surface area contributed by atoms with Crippen molar-refractivity contribution in [2.45, 2.75) is 19.9 Å². The zero-order chi connectivity index (χ0) is 17.6. The van der Waals surface area contributed by atoms with Gasteiger partial charge in [0.15, 0.2) is 0 Å². The van der Waals surface area contributed by atoms with Gasteiger partial charge < -0.3 is 10.1 Å². The second-order valence-corrected chi connectivity index (χ2v) is 5.56. The van der Waals surface area contributed by atoms with Crippen molar-refractivity contribution < 1.29 is 9.53 Å². The second-order valence-electron chi connectivity index (χ2n) is 5.56. The fraction of sp³-hybridized carbons (Fsp3) is 0.211. The van der Waals surface area contributed by atoms with Crippen LogP contribution in [-0.4, -0.2) is 27.3 Å². The molecule has 0 aliphatic rings. The number of carbonyl (C=O) groups is 1. The average Bonchev–Trinajstić information content (AvgIpc) is 3.17. The second kappa shape index (κ2) is 7.61. The molecule has 2 aromatic carbocycles. The Morgan fingerprint density at radius 3 is 2.64 bits per heavy atom. The normalized spacial score (nSPS) is 11.8. The van der Waals surface area contributed by atoms with Crippen molar-refractivity contribution in [2.24, 2.45) is 0 Å². The van der Waals surface area contributed by atoms with E-state index in [-0.39, 0.29) is 11.9 Å². The molecule has 128 valence electrons. The van der Waals surface area contributed by atoms with Gasteiger partial charge in [-0.15, -0.1) is 0 Å². The number of ether oxygens (including phenoxy) is 1. The summed E-state index contributed by atoms with van der Waals surface area (Å²) in [4.78, 5) is 16.5. The van der Waals surface area contributed by atoms with Crippen LogP contribution in [0.25, 0.3) is 5.69 Å². The molecule has 0 unspecified atom stereocenters. The number of hydrogen-bond acceptors (Lipinski definition) is 4. The maximum atomic E-state index is 12.6. The lowest BCUT2D eigenvalue weighted by Crippen LogP contribution is -2.27. The van der Waals surface area contributed by atoms with Crippen LogP contribution in [0.5, 0.6) is 5.75 Å². The Bertz CT molecular complexity index is 829. The number of nitrogens with zero attached hydrogens (tertiary/aromatic N) is 3. The molecule has 1 atom stereocenters. The summed E-state index contributed by atoms with van der Waals surface area (Å²) in [5.74, 6) is 0.438. The molecule has 0 aliphatic carbocycles. The van der Waals surface area contributed by atoms with Gasteiger partial charge in [0.1, 0.15) is 18.4 Å². The van der Waals surface area contributed by atoms with Crippen LogP contribution >= 0.6 is 0 Å². The summed E-state index contributed by atoms with van der Waals surface area (Å²) >= 11 is 0. The van der Waals surface area contributed by atoms with Crippen LogP contribution in [0.1, 0.15) is 35.8 Å². The molecule has 0 bridgehead atoms. The van der Waals surface area contributed by atoms with E-state index in [1.54, 1.807) is 23.1 Å². The summed E-state index contributed by atoms with van der Waals surface area (Å²) < 4.78 is 7.21. The molecule has 1 N–H and O–H groups in total. The van der Waals surface area contributed by atoms with Gasteiger partial charge in [0.25, 0.3) is 5.91 Å². The number of hydrogen-bond donors (Lipinski definition) is 1. The molecule has 0 radical (unpaired) electrons. The third kappa shape index (κ3) is 3.85. The van der Waals surface area contributed by atoms with Crippen LogP contribution in [-0.2, 0) is 0 Å². The predicted octanol–water partition coefficient (Wildman–Crippen LogP) is 3.16. The first-order chi connectivity index (χ1) is 12.2. The van der Waals surface area contributed by atoms with Gasteiger partial charge in [-0.05, 0) is 43.7 Å². The molecule has 0 aliphatic heterocycles. The molecule has 6 heteroatoms. The number of nitrogens with one attached hydrogen (secondary N) is 1. The van der Waals surface area contributed by atoms with Gasteiger partial charge in [-0.1, -0.05) is 24.3 Å². The first-order valence-electron chi connectivity index (χ1n) is 8.16. The maximum absolute atomic E-state index is 12.6. The largest absolute Gasteiger partial charge is 0.493 e. The summed E-state index contributed by atoms with van der Waals surface area (Å²) in [6.07, 6.45) is 3.14. The van der Waals surface area contributed by atoms with E-state index >= 15 is 0 Å². The molecule has 0 fully saturated rings. The van der Waals surface area contributed by atoms with Crippen molar-refractivity contribution in [3.63, 3.8) is 0 Å². The van der Waals surface area contributed by atoms with Crippen LogP contribution in [0.3, 0.4) is 0 Å². The predicted molar refractivity (Wildman–Crippen MR) is 94.9 cm³/mol. The Balaban J connectivity index is 1.71. The minimum Gasteiger partial charge on any atom is -0.493 e. The molecule has 3 aromatic rings. The lowest BCUT2D eigenvalue weighted by molar-refractivity contribution is 0.0936. The summed E-state index contributed by atoms with van der Waals surface area (Å²) in [7, 11) is 0. The highest BCUT2D eigenvalue weighted by Gasteiger charge is 2.15. The lowest BCUT2D eigenvalue weighted by Gasteiger charge is -2.16. The van der Waals surface area contributed by atoms with E-state index in [0.29, 0.717) is 17.9 Å². The summed E-state index contributed by atoms with van der Waals surface area (Å²) in [6.45, 7) is 4.36. The Hall–Kier alpha value is -3.15. The first-order valence-corrected chi connectivity index (χ1v) is 8.16. The van der Waals surface area contributed by atoms with E-state index in [1.165, 1.54) is 6.33 Å². The zero-order valence-corrected chi connectivity index (χ0v) is 14.2. The van der Waals surface area contributed by atoms with Gasteiger partial charge in [0, 0.05) is 0 Å². The molecule has 0 saturated heterocycles. The summed E-state index contributed by atoms with van der Waals surface area (Å²) in [5, 5.41) is 7.11. The molecule has 0 saturated carbocycles. The standard InChI is InChI=1S/C19H20N4O2/c1-3-25-18-7-5-4-6-17(18)19(24)22-14(2)15-8-10-16(11-9-15)23-13-20-12-21-23/h4-14H,3H2,1-2H3,(H,22,24)/t14-/m1/s1. The highest BCUT2D eigenvalue weighted by molar-refractivity contribution is 5.97. The Morgan fingerprint density at radius 2 is 1.96 bits per heavy atom. The fourth-order valence-electron chi connectivity index (χ4n) is 2.55. The van der Waals surface area contributed by atoms with Crippen molar-refractivity contribution >= 4 is 5.91 Å². The van der Waals surface area contributed by atoms with Crippen molar-refractivity contribution in [3.05, 3.63) is 72.3 Å². The van der Waals surface area contributed by atoms with E-state index in [2.05, 4.69) is 15.4 Å². The van der Waals surface area contributed by atoms with Crippen molar-refractivity contribution in [2.75, 3.05) is 6.61 Å². The highest BCUT2D eigenvalue weighted by Crippen LogP contribution is 2.20. The number of rotatable bonds is 6. The molecular weight excluding hydrogens is 316 g/mol. The van der Waals surface area contributed by atoms with Gasteiger partial charge in [0.2, 0.25) is 0 Å². The van der Waals surface area contributed by atoms with E-state index in [4.69, 9.17) is 4.74 Å². The molecule has 3 rings (SSSR count). The van der Waals surface area contributed by atoms with Gasteiger partial charge in [-0.2, -0.15) is 5.10 Å². The Morgan fingerprint density at radius 1 is 1.20 bits per heavy atom. The van der Waals surface area contributed by atoms with E-state index in [9.17, 15) is 4.79 Å². The van der Waals surface area contributed by atoms with Crippen LogP contribution < -0.4 is 10.1 Å². The van der Waals surface area contributed by atoms with Gasteiger partial charge in [-0.3, -0.25) is 4.79 Å². The monoisotopic (exact) mass is 336 g/mol. The number of para-hydroxylation sites is 1. The number of amides is 1. The number of carbonyl (C=O) groups excluding carboxylic acids is 1. The van der Waals surface area contributed by atoms with Crippen molar-refractivity contribution in [1.29, 1.82) is 0 Å². The van der Waals surface area contributed by atoms with Crippen molar-refractivity contribution in [3.8, 4) is 11.4 Å². The molecule has 6 nitrogen and oxygen atoms in total. The SMILES string of the molecule is CCOc1ccccc1C(=O)N[C@H](C)c1ccc(-n2cncn2)cc1. The fourth-order valence-corrected chi connectivity index (χ4v) is 2.55. The van der Waals surface area contributed by atoms with Crippen LogP contribution in [0.15, 0.2) is 61.2 Å². The average molecular weight is 336 g/mol. The molecule has 1 amide bonds. The molecule has 1 heterocycles. The van der Waals surface area contributed by atoms with Gasteiger partial charge >= 0.3 is 0 Å². The van der Waals surface area contributed by atoms with Crippen LogP contribution in [0, 0.1) is 0 Å². The molecule has 25 heavy (non-hydrogen) atoms. The minimum atomic E-state index is -0.156. The summed E-state index contributed by atoms with van der Waals surface area (Å²) in [5.41, 5.74) is 2.46. The van der Waals surface area contributed by atoms with E-state index in [0.717, 1.165) is 11.3 Å². The third-order valence-corrected chi connectivity index (χ3v) is 3.86. The third-order valence-electron chi connectivity index (χ3n) is 3.86. The van der Waals surface area contributed by atoms with Gasteiger partial charge in [0.05, 0.1) is 23.9 Å². The minimum absolute atomic E-state index is 0.132. The first kappa shape index (κ1) is 16.7. The summed E-state index contributed by atoms with van der Waals surface area (Å²) in [6, 6.07) is 14.9. The topological polar surface area (TPSA) is 69.0 Å². The van der Waals surface area contributed by atoms with Gasteiger partial charge in [-0.25, -0.2) is 9.67 Å². The Kier molecular flexibility index (Phi) is 5.09. The Labute approximate surface area is 146 Å². The van der Waals surface area contributed by atoms with Crippen molar-refractivity contribution in [1.82, 2.24) is 20.1 Å². The molecule has 1 aromatic heterocycles. The van der Waals surface area contributed by atoms with E-state index in [1.807, 2.05) is 50.2 Å². The number of benzene rings is 2.